The second-order valence-corrected chi connectivity index (χ2v) is 6.93. The van der Waals surface area contributed by atoms with Gasteiger partial charge in [-0.25, -0.2) is 0 Å². The fraction of sp³-hybridized carbons (Fsp3) is 0.529. The van der Waals surface area contributed by atoms with Crippen LogP contribution in [0.25, 0.3) is 0 Å². The monoisotopic (exact) mass is 327 g/mol. The summed E-state index contributed by atoms with van der Waals surface area (Å²) in [6.45, 7) is 1.01. The molecule has 0 amide bonds. The summed E-state index contributed by atoms with van der Waals surface area (Å²) in [5.74, 6) is 1.19. The Kier molecular flexibility index (Phi) is 3.38. The topological polar surface area (TPSA) is 52.9 Å². The van der Waals surface area contributed by atoms with Gasteiger partial charge in [-0.1, -0.05) is 18.2 Å². The fourth-order valence-corrected chi connectivity index (χ4v) is 5.24. The average molecular weight is 327 g/mol. The molecule has 1 spiro atoms. The minimum atomic E-state index is -0.594. The average Bonchev–Trinajstić information content (AvgIpc) is 2.83. The quantitative estimate of drug-likeness (QED) is 0.531. The van der Waals surface area contributed by atoms with Gasteiger partial charge in [0.2, 0.25) is 0 Å². The molecule has 1 saturated heterocycles. The van der Waals surface area contributed by atoms with Crippen LogP contribution in [0.3, 0.4) is 0 Å². The number of aromatic hydroxyl groups is 1. The van der Waals surface area contributed by atoms with Crippen LogP contribution < -0.4 is 4.74 Å². The summed E-state index contributed by atoms with van der Waals surface area (Å²) in [4.78, 5) is 2.43. The molecule has 0 unspecified atom stereocenters. The molecule has 1 aromatic rings. The molecule has 5 heteroatoms. The molecule has 0 saturated carbocycles. The number of hydrogen-bond donors (Lipinski definition) is 2. The molecule has 2 heterocycles. The standard InChI is InChI=1S/C17H19NO3.Ca.2H/c1-18-7-6-17-10-3-5-13(20)16(17)21-15-12(19)4-2-9(14(15)17)8-11(10)18;;;/h2-5,10-11,13,16,19-20H,6-8H2,1H3;;;/t10-,11+,13-,16-,17-;;;/m0.../s1. The zero-order valence-electron chi connectivity index (χ0n) is 12.0. The molecule has 1 fully saturated rings. The van der Waals surface area contributed by atoms with E-state index < -0.39 is 6.10 Å². The van der Waals surface area contributed by atoms with E-state index in [2.05, 4.69) is 18.0 Å². The molecule has 0 aromatic heterocycles. The van der Waals surface area contributed by atoms with Crippen LogP contribution in [0, 0.1) is 5.92 Å². The van der Waals surface area contributed by atoms with Crippen LogP contribution >= 0.6 is 0 Å². The summed E-state index contributed by atoms with van der Waals surface area (Å²) >= 11 is 0. The van der Waals surface area contributed by atoms with E-state index in [-0.39, 0.29) is 55.0 Å². The number of nitrogens with zero attached hydrogens (tertiary/aromatic N) is 1. The second kappa shape index (κ2) is 4.87. The van der Waals surface area contributed by atoms with E-state index in [0.717, 1.165) is 19.4 Å². The molecular weight excluding hydrogens is 306 g/mol. The van der Waals surface area contributed by atoms with Crippen molar-refractivity contribution in [3.63, 3.8) is 0 Å². The van der Waals surface area contributed by atoms with Crippen molar-refractivity contribution in [1.29, 1.82) is 0 Å². The van der Waals surface area contributed by atoms with Crippen molar-refractivity contribution < 1.29 is 14.9 Å². The Morgan fingerprint density at radius 1 is 1.32 bits per heavy atom. The summed E-state index contributed by atoms with van der Waals surface area (Å²) < 4.78 is 6.09. The first kappa shape index (κ1) is 15.3. The molecule has 4 nitrogen and oxygen atoms in total. The van der Waals surface area contributed by atoms with Gasteiger partial charge in [0, 0.05) is 22.9 Å². The van der Waals surface area contributed by atoms with Crippen LogP contribution in [0.15, 0.2) is 24.3 Å². The molecule has 114 valence electrons. The Labute approximate surface area is 159 Å². The number of likely N-dealkylation sites (tertiary alicyclic amines) is 1. The van der Waals surface area contributed by atoms with Gasteiger partial charge in [-0.2, -0.15) is 0 Å². The zero-order valence-corrected chi connectivity index (χ0v) is 12.0. The van der Waals surface area contributed by atoms with Crippen LogP contribution in [0.2, 0.25) is 0 Å². The number of likely N-dealkylation sites (N-methyl/N-ethyl adjacent to an activating group) is 1. The Hall–Kier alpha value is -0.260. The molecule has 2 bridgehead atoms. The van der Waals surface area contributed by atoms with Crippen LogP contribution in [-0.2, 0) is 11.8 Å². The number of aliphatic hydroxyl groups is 1. The first-order chi connectivity index (χ1) is 10.1. The third-order valence-electron chi connectivity index (χ3n) is 6.15. The third kappa shape index (κ3) is 1.60. The summed E-state index contributed by atoms with van der Waals surface area (Å²) in [5, 5.41) is 20.6. The molecule has 5 atom stereocenters. The van der Waals surface area contributed by atoms with Crippen molar-refractivity contribution in [2.24, 2.45) is 5.92 Å². The maximum absolute atomic E-state index is 10.4. The van der Waals surface area contributed by atoms with E-state index in [0.29, 0.717) is 17.7 Å². The van der Waals surface area contributed by atoms with Gasteiger partial charge in [0.15, 0.2) is 11.5 Å². The maximum atomic E-state index is 10.4. The van der Waals surface area contributed by atoms with E-state index in [9.17, 15) is 10.2 Å². The van der Waals surface area contributed by atoms with Crippen molar-refractivity contribution in [1.82, 2.24) is 4.90 Å². The fourth-order valence-electron chi connectivity index (χ4n) is 5.24. The first-order valence-electron chi connectivity index (χ1n) is 7.71. The van der Waals surface area contributed by atoms with E-state index >= 15 is 0 Å². The normalized spacial score (nSPS) is 40.6. The molecule has 2 N–H and O–H groups in total. The molecule has 0 radical (unpaired) electrons. The molecule has 2 aliphatic heterocycles. The van der Waals surface area contributed by atoms with Gasteiger partial charge in [0.25, 0.3) is 0 Å². The number of benzene rings is 1. The van der Waals surface area contributed by atoms with Crippen LogP contribution in [0.4, 0.5) is 0 Å². The van der Waals surface area contributed by atoms with Crippen molar-refractivity contribution in [3.8, 4) is 11.5 Å². The number of ether oxygens (including phenoxy) is 1. The van der Waals surface area contributed by atoms with E-state index in [1.54, 1.807) is 6.07 Å². The molecule has 2 aliphatic carbocycles. The zero-order chi connectivity index (χ0) is 14.4. The Bertz CT molecular complexity index is 676. The summed E-state index contributed by atoms with van der Waals surface area (Å²) in [5.41, 5.74) is 2.29. The third-order valence-corrected chi connectivity index (χ3v) is 6.15. The van der Waals surface area contributed by atoms with Crippen molar-refractivity contribution in [2.45, 2.75) is 36.5 Å². The van der Waals surface area contributed by atoms with Gasteiger partial charge in [0.05, 0.1) is 0 Å². The molecule has 4 aliphatic rings. The number of rotatable bonds is 0. The van der Waals surface area contributed by atoms with E-state index in [4.69, 9.17) is 4.74 Å². The predicted molar refractivity (Wildman–Crippen MR) is 86.1 cm³/mol. The second-order valence-electron chi connectivity index (χ2n) is 6.93. The van der Waals surface area contributed by atoms with E-state index in [1.807, 2.05) is 12.1 Å². The minimum absolute atomic E-state index is 0. The number of piperidine rings is 1. The van der Waals surface area contributed by atoms with Crippen LogP contribution in [0.5, 0.6) is 11.5 Å². The number of hydrogen-bond acceptors (Lipinski definition) is 4. The van der Waals surface area contributed by atoms with Crippen molar-refractivity contribution >= 4 is 37.7 Å². The van der Waals surface area contributed by atoms with Crippen LogP contribution in [0.1, 0.15) is 17.5 Å². The summed E-state index contributed by atoms with van der Waals surface area (Å²) in [6, 6.07) is 4.23. The van der Waals surface area contributed by atoms with Gasteiger partial charge in [-0.3, -0.25) is 0 Å². The number of phenols is 1. The van der Waals surface area contributed by atoms with Crippen LogP contribution in [-0.4, -0.2) is 84.7 Å². The van der Waals surface area contributed by atoms with Gasteiger partial charge in [-0.05, 0) is 38.1 Å². The van der Waals surface area contributed by atoms with Gasteiger partial charge >= 0.3 is 37.7 Å². The Morgan fingerprint density at radius 2 is 2.14 bits per heavy atom. The molecule has 5 rings (SSSR count). The summed E-state index contributed by atoms with van der Waals surface area (Å²) in [6.07, 6.45) is 5.18. The predicted octanol–water partition coefficient (Wildman–Crippen LogP) is 0.282. The Morgan fingerprint density at radius 3 is 2.95 bits per heavy atom. The number of phenolic OH excluding ortho intramolecular Hbond substituents is 1. The van der Waals surface area contributed by atoms with Gasteiger partial charge < -0.3 is 19.8 Å². The van der Waals surface area contributed by atoms with Crippen molar-refractivity contribution in [2.75, 3.05) is 13.6 Å². The SMILES string of the molecule is CN1CC[C@]23c4c5ccc(O)c4O[C@H]2[C@@H](O)C=C[C@H]3[C@H]1C5.[CaH2]. The molecule has 1 aromatic carbocycles. The van der Waals surface area contributed by atoms with Crippen molar-refractivity contribution in [3.05, 3.63) is 35.4 Å². The Balaban J connectivity index is 0.00000125. The number of aliphatic hydroxyl groups excluding tert-OH is 1. The van der Waals surface area contributed by atoms with E-state index in [1.165, 1.54) is 11.1 Å². The first-order valence-corrected chi connectivity index (χ1v) is 7.71. The molecular formula is C17H21CaNO3. The summed E-state index contributed by atoms with van der Waals surface area (Å²) in [7, 11) is 2.19. The molecule has 22 heavy (non-hydrogen) atoms. The van der Waals surface area contributed by atoms with Gasteiger partial charge in [0.1, 0.15) is 12.2 Å². The van der Waals surface area contributed by atoms with Gasteiger partial charge in [-0.15, -0.1) is 0 Å².